The van der Waals surface area contributed by atoms with Crippen LogP contribution in [0.4, 0.5) is 0 Å². The second-order valence-electron chi connectivity index (χ2n) is 5.10. The molecule has 1 aromatic carbocycles. The number of carboxylic acids is 1. The van der Waals surface area contributed by atoms with Crippen LogP contribution in [0.25, 0.3) is 0 Å². The SMILES string of the molecule is C=C(CC(=O)OC1(c2ccc(C#N)cc2)CCC1)C(=O)O. The van der Waals surface area contributed by atoms with E-state index in [-0.39, 0.29) is 12.0 Å². The van der Waals surface area contributed by atoms with Crippen molar-refractivity contribution in [1.29, 1.82) is 5.26 Å². The Balaban J connectivity index is 2.11. The summed E-state index contributed by atoms with van der Waals surface area (Å²) in [7, 11) is 0. The molecule has 5 nitrogen and oxygen atoms in total. The number of esters is 1. The first-order valence-electron chi connectivity index (χ1n) is 6.60. The van der Waals surface area contributed by atoms with Crippen LogP contribution in [0, 0.1) is 11.3 Å². The van der Waals surface area contributed by atoms with E-state index < -0.39 is 17.5 Å². The number of carbonyl (C=O) groups is 2. The zero-order valence-corrected chi connectivity index (χ0v) is 11.5. The summed E-state index contributed by atoms with van der Waals surface area (Å²) in [5.74, 6) is -1.79. The molecule has 0 atom stereocenters. The van der Waals surface area contributed by atoms with E-state index in [0.717, 1.165) is 12.0 Å². The predicted octanol–water partition coefficient (Wildman–Crippen LogP) is 2.51. The molecule has 1 saturated carbocycles. The number of nitrogens with zero attached hydrogens (tertiary/aromatic N) is 1. The van der Waals surface area contributed by atoms with Gasteiger partial charge in [-0.25, -0.2) is 4.79 Å². The molecule has 1 aliphatic rings. The lowest BCUT2D eigenvalue weighted by molar-refractivity contribution is -0.171. The molecule has 0 bridgehead atoms. The molecule has 0 radical (unpaired) electrons. The number of benzene rings is 1. The van der Waals surface area contributed by atoms with Gasteiger partial charge in [-0.2, -0.15) is 5.26 Å². The van der Waals surface area contributed by atoms with Crippen molar-refractivity contribution in [3.63, 3.8) is 0 Å². The van der Waals surface area contributed by atoms with E-state index in [0.29, 0.717) is 18.4 Å². The summed E-state index contributed by atoms with van der Waals surface area (Å²) >= 11 is 0. The van der Waals surface area contributed by atoms with Crippen molar-refractivity contribution in [3.05, 3.63) is 47.5 Å². The van der Waals surface area contributed by atoms with Gasteiger partial charge in [-0.05, 0) is 37.0 Å². The fourth-order valence-corrected chi connectivity index (χ4v) is 2.30. The molecule has 0 aromatic heterocycles. The summed E-state index contributed by atoms with van der Waals surface area (Å²) in [5.41, 5.74) is 0.499. The number of hydrogen-bond donors (Lipinski definition) is 1. The molecule has 0 aliphatic heterocycles. The minimum Gasteiger partial charge on any atom is -0.478 e. The van der Waals surface area contributed by atoms with E-state index in [9.17, 15) is 9.59 Å². The third-order valence-electron chi connectivity index (χ3n) is 3.67. The van der Waals surface area contributed by atoms with Crippen molar-refractivity contribution >= 4 is 11.9 Å². The zero-order chi connectivity index (χ0) is 15.5. The Kier molecular flexibility index (Phi) is 4.08. The highest BCUT2D eigenvalue weighted by atomic mass is 16.6. The highest BCUT2D eigenvalue weighted by Gasteiger charge is 2.42. The van der Waals surface area contributed by atoms with Crippen molar-refractivity contribution in [2.45, 2.75) is 31.3 Å². The molecular weight excluding hydrogens is 270 g/mol. The van der Waals surface area contributed by atoms with Gasteiger partial charge in [0, 0.05) is 5.57 Å². The van der Waals surface area contributed by atoms with Gasteiger partial charge in [0.1, 0.15) is 5.60 Å². The van der Waals surface area contributed by atoms with E-state index in [2.05, 4.69) is 6.58 Å². The highest BCUT2D eigenvalue weighted by molar-refractivity contribution is 5.91. The molecule has 108 valence electrons. The van der Waals surface area contributed by atoms with Crippen LogP contribution in [0.15, 0.2) is 36.4 Å². The summed E-state index contributed by atoms with van der Waals surface area (Å²) in [4.78, 5) is 22.6. The van der Waals surface area contributed by atoms with Crippen molar-refractivity contribution < 1.29 is 19.4 Å². The van der Waals surface area contributed by atoms with Gasteiger partial charge in [-0.1, -0.05) is 18.7 Å². The number of carbonyl (C=O) groups excluding carboxylic acids is 1. The molecule has 0 spiro atoms. The first-order chi connectivity index (χ1) is 9.97. The van der Waals surface area contributed by atoms with E-state index in [4.69, 9.17) is 15.1 Å². The van der Waals surface area contributed by atoms with E-state index in [1.165, 1.54) is 0 Å². The van der Waals surface area contributed by atoms with Crippen LogP contribution in [0.5, 0.6) is 0 Å². The lowest BCUT2D eigenvalue weighted by Gasteiger charge is -2.41. The topological polar surface area (TPSA) is 87.4 Å². The average molecular weight is 285 g/mol. The van der Waals surface area contributed by atoms with Crippen molar-refractivity contribution in [1.82, 2.24) is 0 Å². The minimum absolute atomic E-state index is 0.186. The molecule has 5 heteroatoms. The maximum absolute atomic E-state index is 11.9. The first-order valence-corrected chi connectivity index (χ1v) is 6.60. The number of ether oxygens (including phenoxy) is 1. The van der Waals surface area contributed by atoms with Crippen molar-refractivity contribution in [2.24, 2.45) is 0 Å². The fraction of sp³-hybridized carbons (Fsp3) is 0.312. The Morgan fingerprint density at radius 2 is 1.95 bits per heavy atom. The van der Waals surface area contributed by atoms with Crippen molar-refractivity contribution in [2.75, 3.05) is 0 Å². The van der Waals surface area contributed by atoms with E-state index in [1.54, 1.807) is 24.3 Å². The maximum Gasteiger partial charge on any atom is 0.331 e. The molecule has 1 aliphatic carbocycles. The molecule has 2 rings (SSSR count). The van der Waals surface area contributed by atoms with Gasteiger partial charge in [0.15, 0.2) is 0 Å². The normalized spacial score (nSPS) is 15.4. The fourth-order valence-electron chi connectivity index (χ4n) is 2.30. The van der Waals surface area contributed by atoms with Gasteiger partial charge in [0.05, 0.1) is 18.1 Å². The summed E-state index contributed by atoms with van der Waals surface area (Å²) in [6.45, 7) is 3.33. The molecule has 0 heterocycles. The molecular formula is C16H15NO4. The predicted molar refractivity (Wildman–Crippen MR) is 74.2 cm³/mol. The number of hydrogen-bond acceptors (Lipinski definition) is 4. The van der Waals surface area contributed by atoms with Gasteiger partial charge < -0.3 is 9.84 Å². The molecule has 0 amide bonds. The van der Waals surface area contributed by atoms with Crippen LogP contribution >= 0.6 is 0 Å². The molecule has 21 heavy (non-hydrogen) atoms. The number of aliphatic carboxylic acids is 1. The Morgan fingerprint density at radius 1 is 1.33 bits per heavy atom. The molecule has 0 unspecified atom stereocenters. The third-order valence-corrected chi connectivity index (χ3v) is 3.67. The van der Waals surface area contributed by atoms with Crippen LogP contribution in [0.2, 0.25) is 0 Å². The number of nitriles is 1. The van der Waals surface area contributed by atoms with Gasteiger partial charge in [-0.3, -0.25) is 4.79 Å². The molecule has 1 N–H and O–H groups in total. The average Bonchev–Trinajstić information content (AvgIpc) is 2.43. The summed E-state index contributed by atoms with van der Waals surface area (Å²) in [6, 6.07) is 8.95. The smallest absolute Gasteiger partial charge is 0.331 e. The van der Waals surface area contributed by atoms with Crippen LogP contribution in [-0.4, -0.2) is 17.0 Å². The van der Waals surface area contributed by atoms with Crippen molar-refractivity contribution in [3.8, 4) is 6.07 Å². The summed E-state index contributed by atoms with van der Waals surface area (Å²) < 4.78 is 5.51. The van der Waals surface area contributed by atoms with E-state index in [1.807, 2.05) is 6.07 Å². The zero-order valence-electron chi connectivity index (χ0n) is 11.5. The third kappa shape index (κ3) is 3.11. The Labute approximate surface area is 122 Å². The van der Waals surface area contributed by atoms with Crippen LogP contribution in [0.3, 0.4) is 0 Å². The van der Waals surface area contributed by atoms with Crippen LogP contribution < -0.4 is 0 Å². The Morgan fingerprint density at radius 3 is 2.38 bits per heavy atom. The lowest BCUT2D eigenvalue weighted by Crippen LogP contribution is -2.39. The quantitative estimate of drug-likeness (QED) is 0.663. The summed E-state index contributed by atoms with van der Waals surface area (Å²) in [6.07, 6.45) is 2.01. The second kappa shape index (κ2) is 5.80. The van der Waals surface area contributed by atoms with Gasteiger partial charge in [-0.15, -0.1) is 0 Å². The van der Waals surface area contributed by atoms with Crippen LogP contribution in [0.1, 0.15) is 36.8 Å². The second-order valence-corrected chi connectivity index (χ2v) is 5.10. The monoisotopic (exact) mass is 285 g/mol. The highest BCUT2D eigenvalue weighted by Crippen LogP contribution is 2.45. The Hall–Kier alpha value is -2.61. The Bertz CT molecular complexity index is 621. The minimum atomic E-state index is -1.20. The van der Waals surface area contributed by atoms with Gasteiger partial charge in [0.25, 0.3) is 0 Å². The first kappa shape index (κ1) is 14.8. The van der Waals surface area contributed by atoms with Gasteiger partial charge in [0.2, 0.25) is 0 Å². The molecule has 1 fully saturated rings. The largest absolute Gasteiger partial charge is 0.478 e. The maximum atomic E-state index is 11.9. The van der Waals surface area contributed by atoms with E-state index >= 15 is 0 Å². The standard InChI is InChI=1S/C16H15NO4/c1-11(15(19)20)9-14(18)21-16(7-2-8-16)13-5-3-12(10-17)4-6-13/h3-6H,1-2,7-9H2,(H,19,20). The lowest BCUT2D eigenvalue weighted by atomic mass is 9.74. The number of rotatable bonds is 5. The van der Waals surface area contributed by atoms with Crippen LogP contribution in [-0.2, 0) is 19.9 Å². The number of carboxylic acid groups (broad SMARTS) is 1. The van der Waals surface area contributed by atoms with Gasteiger partial charge >= 0.3 is 11.9 Å². The molecule has 0 saturated heterocycles. The molecule has 1 aromatic rings. The summed E-state index contributed by atoms with van der Waals surface area (Å²) in [5, 5.41) is 17.5.